The summed E-state index contributed by atoms with van der Waals surface area (Å²) >= 11 is 1.76. The summed E-state index contributed by atoms with van der Waals surface area (Å²) in [6.07, 6.45) is 3.39. The van der Waals surface area contributed by atoms with Crippen molar-refractivity contribution in [3.05, 3.63) is 59.3 Å². The van der Waals surface area contributed by atoms with Crippen LogP contribution in [0, 0.1) is 0 Å². The van der Waals surface area contributed by atoms with E-state index in [1.54, 1.807) is 24.0 Å². The van der Waals surface area contributed by atoms with E-state index in [0.29, 0.717) is 6.04 Å². The Kier molecular flexibility index (Phi) is 3.29. The molecular formula is C14H14N4S. The van der Waals surface area contributed by atoms with Gasteiger partial charge in [-0.1, -0.05) is 12.1 Å². The van der Waals surface area contributed by atoms with E-state index < -0.39 is 0 Å². The molecule has 0 saturated carbocycles. The van der Waals surface area contributed by atoms with Gasteiger partial charge in [-0.25, -0.2) is 0 Å². The second-order valence-corrected chi connectivity index (χ2v) is 5.28. The lowest BCUT2D eigenvalue weighted by Gasteiger charge is -2.14. The molecule has 2 heterocycles. The minimum atomic E-state index is 0.302. The fourth-order valence-electron chi connectivity index (χ4n) is 1.95. The fraction of sp³-hybridized carbons (Fsp3) is 0.143. The molecule has 0 amide bonds. The molecule has 5 heteroatoms. The lowest BCUT2D eigenvalue weighted by atomic mass is 10.2. The van der Waals surface area contributed by atoms with Crippen LogP contribution in [0.4, 0.5) is 5.69 Å². The van der Waals surface area contributed by atoms with Crippen LogP contribution in [0.3, 0.4) is 0 Å². The maximum Gasteiger partial charge on any atom is 0.123 e. The first-order valence-corrected chi connectivity index (χ1v) is 6.96. The highest BCUT2D eigenvalue weighted by Gasteiger charge is 2.06. The average molecular weight is 270 g/mol. The van der Waals surface area contributed by atoms with Crippen LogP contribution in [0.2, 0.25) is 0 Å². The van der Waals surface area contributed by atoms with Crippen LogP contribution in [-0.2, 0) is 0 Å². The van der Waals surface area contributed by atoms with Crippen molar-refractivity contribution in [1.29, 1.82) is 0 Å². The molecule has 1 unspecified atom stereocenters. The summed E-state index contributed by atoms with van der Waals surface area (Å²) in [6.45, 7) is 2.16. The van der Waals surface area contributed by atoms with Gasteiger partial charge in [0.05, 0.1) is 11.7 Å². The summed E-state index contributed by atoms with van der Waals surface area (Å²) in [4.78, 5) is 1.33. The predicted octanol–water partition coefficient (Wildman–Crippen LogP) is 3.50. The van der Waals surface area contributed by atoms with Gasteiger partial charge in [0.25, 0.3) is 0 Å². The smallest absolute Gasteiger partial charge is 0.123 e. The van der Waals surface area contributed by atoms with E-state index in [4.69, 9.17) is 0 Å². The largest absolute Gasteiger partial charge is 0.378 e. The first-order valence-electron chi connectivity index (χ1n) is 6.08. The Balaban J connectivity index is 1.80. The molecule has 0 aliphatic rings. The number of thiophene rings is 1. The van der Waals surface area contributed by atoms with Crippen molar-refractivity contribution in [3.63, 3.8) is 0 Å². The van der Waals surface area contributed by atoms with Gasteiger partial charge in [0.1, 0.15) is 12.7 Å². The second kappa shape index (κ2) is 5.24. The molecule has 3 aromatic rings. The lowest BCUT2D eigenvalue weighted by molar-refractivity contribution is 0.907. The normalized spacial score (nSPS) is 12.3. The fourth-order valence-corrected chi connectivity index (χ4v) is 2.68. The number of nitrogens with one attached hydrogen (secondary N) is 1. The minimum absolute atomic E-state index is 0.302. The highest BCUT2D eigenvalue weighted by molar-refractivity contribution is 7.10. The van der Waals surface area contributed by atoms with E-state index in [2.05, 4.69) is 52.1 Å². The quantitative estimate of drug-likeness (QED) is 0.789. The van der Waals surface area contributed by atoms with E-state index in [1.165, 1.54) is 4.88 Å². The maximum absolute atomic E-state index is 3.82. The summed E-state index contributed by atoms with van der Waals surface area (Å²) in [7, 11) is 0. The highest BCUT2D eigenvalue weighted by Crippen LogP contribution is 2.24. The minimum Gasteiger partial charge on any atom is -0.378 e. The number of hydrogen-bond donors (Lipinski definition) is 1. The van der Waals surface area contributed by atoms with E-state index in [0.717, 1.165) is 11.4 Å². The van der Waals surface area contributed by atoms with Crippen LogP contribution < -0.4 is 5.32 Å². The molecule has 1 N–H and O–H groups in total. The molecule has 19 heavy (non-hydrogen) atoms. The Morgan fingerprint density at radius 2 is 2.00 bits per heavy atom. The van der Waals surface area contributed by atoms with Gasteiger partial charge < -0.3 is 5.32 Å². The Morgan fingerprint density at radius 3 is 2.74 bits per heavy atom. The number of hydrogen-bond acceptors (Lipinski definition) is 4. The Morgan fingerprint density at radius 1 is 1.16 bits per heavy atom. The van der Waals surface area contributed by atoms with E-state index in [-0.39, 0.29) is 0 Å². The molecule has 2 aromatic heterocycles. The highest BCUT2D eigenvalue weighted by atomic mass is 32.1. The third-order valence-electron chi connectivity index (χ3n) is 2.92. The number of benzene rings is 1. The van der Waals surface area contributed by atoms with E-state index in [1.807, 2.05) is 16.7 Å². The van der Waals surface area contributed by atoms with Crippen LogP contribution >= 0.6 is 11.3 Å². The van der Waals surface area contributed by atoms with Gasteiger partial charge in [-0.3, -0.25) is 4.57 Å². The van der Waals surface area contributed by atoms with Crippen LogP contribution in [0.5, 0.6) is 0 Å². The monoisotopic (exact) mass is 270 g/mol. The zero-order valence-electron chi connectivity index (χ0n) is 10.5. The van der Waals surface area contributed by atoms with Gasteiger partial charge >= 0.3 is 0 Å². The molecule has 96 valence electrons. The summed E-state index contributed by atoms with van der Waals surface area (Å²) in [5, 5.41) is 13.2. The van der Waals surface area contributed by atoms with Crippen molar-refractivity contribution in [1.82, 2.24) is 14.8 Å². The van der Waals surface area contributed by atoms with Gasteiger partial charge in [0.15, 0.2) is 0 Å². The molecule has 1 atom stereocenters. The summed E-state index contributed by atoms with van der Waals surface area (Å²) in [5.74, 6) is 0. The summed E-state index contributed by atoms with van der Waals surface area (Å²) < 4.78 is 1.89. The van der Waals surface area contributed by atoms with Gasteiger partial charge in [-0.2, -0.15) is 0 Å². The zero-order valence-corrected chi connectivity index (χ0v) is 11.3. The molecule has 0 aliphatic carbocycles. The molecule has 3 rings (SSSR count). The Bertz CT molecular complexity index is 631. The number of aromatic nitrogens is 3. The molecule has 0 radical (unpaired) electrons. The van der Waals surface area contributed by atoms with Crippen LogP contribution in [0.15, 0.2) is 54.4 Å². The van der Waals surface area contributed by atoms with Crippen molar-refractivity contribution in [3.8, 4) is 5.69 Å². The lowest BCUT2D eigenvalue weighted by Crippen LogP contribution is -2.05. The number of anilines is 1. The van der Waals surface area contributed by atoms with Crippen molar-refractivity contribution in [2.75, 3.05) is 5.32 Å². The Hall–Kier alpha value is -2.14. The molecule has 0 aliphatic heterocycles. The first kappa shape index (κ1) is 11.9. The molecule has 0 bridgehead atoms. The van der Waals surface area contributed by atoms with Crippen molar-refractivity contribution < 1.29 is 0 Å². The summed E-state index contributed by atoms with van der Waals surface area (Å²) in [5.41, 5.74) is 2.14. The van der Waals surface area contributed by atoms with Crippen molar-refractivity contribution in [2.24, 2.45) is 0 Å². The molecule has 0 fully saturated rings. The Labute approximate surface area is 115 Å². The second-order valence-electron chi connectivity index (χ2n) is 4.30. The summed E-state index contributed by atoms with van der Waals surface area (Å²) in [6, 6.07) is 12.7. The number of nitrogens with zero attached hydrogens (tertiary/aromatic N) is 3. The predicted molar refractivity (Wildman–Crippen MR) is 77.7 cm³/mol. The molecule has 0 saturated heterocycles. The SMILES string of the molecule is CC(Nc1cccc(-n2cnnc2)c1)c1cccs1. The first-order chi connectivity index (χ1) is 9.33. The van der Waals surface area contributed by atoms with Gasteiger partial charge in [0.2, 0.25) is 0 Å². The van der Waals surface area contributed by atoms with Crippen LogP contribution in [0.1, 0.15) is 17.8 Å². The molecule has 0 spiro atoms. The van der Waals surface area contributed by atoms with Crippen molar-refractivity contribution >= 4 is 17.0 Å². The van der Waals surface area contributed by atoms with Crippen LogP contribution in [-0.4, -0.2) is 14.8 Å². The molecule has 1 aromatic carbocycles. The molecular weight excluding hydrogens is 256 g/mol. The third-order valence-corrected chi connectivity index (χ3v) is 3.97. The van der Waals surface area contributed by atoms with E-state index in [9.17, 15) is 0 Å². The third kappa shape index (κ3) is 2.66. The standard InChI is InChI=1S/C14H14N4S/c1-11(14-6-3-7-19-14)17-12-4-2-5-13(8-12)18-9-15-16-10-18/h2-11,17H,1H3. The van der Waals surface area contributed by atoms with Gasteiger partial charge in [0, 0.05) is 10.6 Å². The zero-order chi connectivity index (χ0) is 13.1. The van der Waals surface area contributed by atoms with Crippen LogP contribution in [0.25, 0.3) is 5.69 Å². The average Bonchev–Trinajstić information content (AvgIpc) is 3.13. The van der Waals surface area contributed by atoms with Gasteiger partial charge in [-0.15, -0.1) is 21.5 Å². The molecule has 4 nitrogen and oxygen atoms in total. The maximum atomic E-state index is 3.82. The van der Waals surface area contributed by atoms with Crippen molar-refractivity contribution in [2.45, 2.75) is 13.0 Å². The topological polar surface area (TPSA) is 42.7 Å². The van der Waals surface area contributed by atoms with E-state index >= 15 is 0 Å². The number of rotatable bonds is 4. The van der Waals surface area contributed by atoms with Gasteiger partial charge in [-0.05, 0) is 36.6 Å².